The van der Waals surface area contributed by atoms with Crippen molar-refractivity contribution in [1.82, 2.24) is 0 Å². The maximum atomic E-state index is 13.7. The van der Waals surface area contributed by atoms with Crippen LogP contribution in [0.3, 0.4) is 0 Å². The lowest BCUT2D eigenvalue weighted by molar-refractivity contribution is -0.138. The number of ether oxygens (including phenoxy) is 2. The molecule has 4 rings (SSSR count). The van der Waals surface area contributed by atoms with Gasteiger partial charge in [0, 0.05) is 48.9 Å². The highest BCUT2D eigenvalue weighted by Gasteiger charge is 2.37. The molecule has 0 atom stereocenters. The van der Waals surface area contributed by atoms with E-state index in [1.165, 1.54) is 24.3 Å². The Bertz CT molecular complexity index is 997. The van der Waals surface area contributed by atoms with Crippen molar-refractivity contribution in [1.29, 1.82) is 0 Å². The lowest BCUT2D eigenvalue weighted by Crippen LogP contribution is -2.37. The standard InChI is InChI=1S/C23H24F6N4O3/c24-22(25,26)17-13-15(1-3-19(17)32-5-9-35-10-6-32)30-21(34)31-16-2-4-20(18(14-16)23(27,28)29)33-7-11-36-12-8-33/h1-4,13-14H,5-12H2,(H2,30,31,34). The summed E-state index contributed by atoms with van der Waals surface area (Å²) in [5.74, 6) is 0. The Balaban J connectivity index is 1.52. The summed E-state index contributed by atoms with van der Waals surface area (Å²) in [5, 5.41) is 4.54. The molecule has 2 heterocycles. The lowest BCUT2D eigenvalue weighted by atomic mass is 10.1. The molecule has 2 aliphatic heterocycles. The highest BCUT2D eigenvalue weighted by Crippen LogP contribution is 2.40. The van der Waals surface area contributed by atoms with Gasteiger partial charge >= 0.3 is 18.4 Å². The second kappa shape index (κ2) is 10.4. The van der Waals surface area contributed by atoms with Crippen LogP contribution in [0.4, 0.5) is 53.9 Å². The van der Waals surface area contributed by atoms with Crippen molar-refractivity contribution in [2.75, 3.05) is 73.0 Å². The monoisotopic (exact) mass is 518 g/mol. The van der Waals surface area contributed by atoms with Gasteiger partial charge < -0.3 is 29.9 Å². The third-order valence-electron chi connectivity index (χ3n) is 5.82. The molecule has 13 heteroatoms. The lowest BCUT2D eigenvalue weighted by Gasteiger charge is -2.31. The van der Waals surface area contributed by atoms with E-state index in [0.29, 0.717) is 52.6 Å². The topological polar surface area (TPSA) is 66.1 Å². The Morgan fingerprint density at radius 3 is 1.36 bits per heavy atom. The number of hydrogen-bond acceptors (Lipinski definition) is 5. The SMILES string of the molecule is O=C(Nc1ccc(N2CCOCC2)c(C(F)(F)F)c1)Nc1ccc(N2CCOCC2)c(C(F)(F)F)c1. The Morgan fingerprint density at radius 1 is 0.667 bits per heavy atom. The number of hydrogen-bond donors (Lipinski definition) is 2. The van der Waals surface area contributed by atoms with Gasteiger partial charge in [0.25, 0.3) is 0 Å². The molecule has 2 saturated heterocycles. The number of nitrogens with zero attached hydrogens (tertiary/aromatic N) is 2. The van der Waals surface area contributed by atoms with E-state index in [-0.39, 0.29) is 22.7 Å². The molecule has 2 fully saturated rings. The molecule has 7 nitrogen and oxygen atoms in total. The van der Waals surface area contributed by atoms with Crippen LogP contribution in [0.5, 0.6) is 0 Å². The maximum absolute atomic E-state index is 13.7. The summed E-state index contributed by atoms with van der Waals surface area (Å²) < 4.78 is 92.6. The van der Waals surface area contributed by atoms with Crippen molar-refractivity contribution in [3.05, 3.63) is 47.5 Å². The van der Waals surface area contributed by atoms with Crippen molar-refractivity contribution in [2.24, 2.45) is 0 Å². The molecule has 0 unspecified atom stereocenters. The van der Waals surface area contributed by atoms with Gasteiger partial charge in [-0.05, 0) is 36.4 Å². The van der Waals surface area contributed by atoms with E-state index in [1.54, 1.807) is 9.80 Å². The van der Waals surface area contributed by atoms with Crippen molar-refractivity contribution in [3.63, 3.8) is 0 Å². The predicted octanol–water partition coefficient (Wildman–Crippen LogP) is 5.04. The first-order chi connectivity index (χ1) is 17.0. The Morgan fingerprint density at radius 2 is 1.03 bits per heavy atom. The van der Waals surface area contributed by atoms with E-state index in [0.717, 1.165) is 12.1 Å². The van der Waals surface area contributed by atoms with Gasteiger partial charge in [0.2, 0.25) is 0 Å². The second-order valence-electron chi connectivity index (χ2n) is 8.24. The number of alkyl halides is 6. The van der Waals surface area contributed by atoms with Crippen LogP contribution in [-0.2, 0) is 21.8 Å². The molecule has 2 aromatic rings. The molecular formula is C23H24F6N4O3. The minimum absolute atomic E-state index is 0.0368. The normalized spacial score (nSPS) is 17.2. The van der Waals surface area contributed by atoms with Crippen LogP contribution in [0.2, 0.25) is 0 Å². The summed E-state index contributed by atoms with van der Waals surface area (Å²) in [5.41, 5.74) is -2.25. The van der Waals surface area contributed by atoms with Gasteiger partial charge in [-0.1, -0.05) is 0 Å². The zero-order valence-electron chi connectivity index (χ0n) is 19.0. The molecule has 0 aromatic heterocycles. The fourth-order valence-electron chi connectivity index (χ4n) is 4.14. The molecule has 0 radical (unpaired) electrons. The summed E-state index contributed by atoms with van der Waals surface area (Å²) in [4.78, 5) is 15.5. The van der Waals surface area contributed by atoms with E-state index in [1.807, 2.05) is 0 Å². The van der Waals surface area contributed by atoms with E-state index in [9.17, 15) is 31.1 Å². The van der Waals surface area contributed by atoms with Gasteiger partial charge in [-0.25, -0.2) is 4.79 Å². The van der Waals surface area contributed by atoms with Gasteiger partial charge in [0.05, 0.1) is 37.6 Å². The zero-order valence-corrected chi connectivity index (χ0v) is 19.0. The van der Waals surface area contributed by atoms with Crippen molar-refractivity contribution >= 4 is 28.8 Å². The number of carbonyl (C=O) groups excluding carboxylic acids is 1. The molecule has 196 valence electrons. The van der Waals surface area contributed by atoms with Crippen LogP contribution in [-0.4, -0.2) is 58.6 Å². The Hall–Kier alpha value is -3.19. The number of halogens is 6. The summed E-state index contributed by atoms with van der Waals surface area (Å²) in [7, 11) is 0. The number of carbonyl (C=O) groups is 1. The minimum atomic E-state index is -4.68. The Kier molecular flexibility index (Phi) is 7.50. The highest BCUT2D eigenvalue weighted by molar-refractivity contribution is 6.00. The van der Waals surface area contributed by atoms with Gasteiger partial charge in [0.15, 0.2) is 0 Å². The number of rotatable bonds is 4. The van der Waals surface area contributed by atoms with E-state index in [2.05, 4.69) is 10.6 Å². The largest absolute Gasteiger partial charge is 0.418 e. The Labute approximate surface area is 202 Å². The number of morpholine rings is 2. The molecule has 2 aromatic carbocycles. The van der Waals surface area contributed by atoms with Gasteiger partial charge in [-0.15, -0.1) is 0 Å². The van der Waals surface area contributed by atoms with E-state index < -0.39 is 29.5 Å². The molecule has 0 bridgehead atoms. The third-order valence-corrected chi connectivity index (χ3v) is 5.82. The van der Waals surface area contributed by atoms with E-state index in [4.69, 9.17) is 9.47 Å². The average Bonchev–Trinajstić information content (AvgIpc) is 2.84. The number of urea groups is 1. The van der Waals surface area contributed by atoms with Crippen molar-refractivity contribution < 1.29 is 40.6 Å². The molecule has 0 spiro atoms. The van der Waals surface area contributed by atoms with Gasteiger partial charge in [-0.3, -0.25) is 0 Å². The first-order valence-electron chi connectivity index (χ1n) is 11.2. The van der Waals surface area contributed by atoms with Crippen LogP contribution in [0.15, 0.2) is 36.4 Å². The molecule has 2 aliphatic rings. The molecule has 2 N–H and O–H groups in total. The van der Waals surface area contributed by atoms with Crippen molar-refractivity contribution in [2.45, 2.75) is 12.4 Å². The summed E-state index contributed by atoms with van der Waals surface area (Å²) in [6, 6.07) is 5.74. The van der Waals surface area contributed by atoms with Crippen LogP contribution >= 0.6 is 0 Å². The summed E-state index contributed by atoms with van der Waals surface area (Å²) >= 11 is 0. The fraction of sp³-hybridized carbons (Fsp3) is 0.435. The number of benzene rings is 2. The van der Waals surface area contributed by atoms with Gasteiger partial charge in [0.1, 0.15) is 0 Å². The molecule has 0 saturated carbocycles. The number of nitrogens with one attached hydrogen (secondary N) is 2. The molecular weight excluding hydrogens is 494 g/mol. The van der Waals surface area contributed by atoms with Crippen LogP contribution in [0.1, 0.15) is 11.1 Å². The van der Waals surface area contributed by atoms with Crippen molar-refractivity contribution in [3.8, 4) is 0 Å². The average molecular weight is 518 g/mol. The second-order valence-corrected chi connectivity index (χ2v) is 8.24. The highest BCUT2D eigenvalue weighted by atomic mass is 19.4. The van der Waals surface area contributed by atoms with Crippen LogP contribution in [0.25, 0.3) is 0 Å². The number of anilines is 4. The first-order valence-corrected chi connectivity index (χ1v) is 11.2. The quantitative estimate of drug-likeness (QED) is 0.556. The molecule has 0 aliphatic carbocycles. The van der Waals surface area contributed by atoms with Crippen LogP contribution < -0.4 is 20.4 Å². The smallest absolute Gasteiger partial charge is 0.378 e. The fourth-order valence-corrected chi connectivity index (χ4v) is 4.14. The van der Waals surface area contributed by atoms with Crippen LogP contribution in [0, 0.1) is 0 Å². The van der Waals surface area contributed by atoms with Gasteiger partial charge in [-0.2, -0.15) is 26.3 Å². The predicted molar refractivity (Wildman–Crippen MR) is 122 cm³/mol. The molecule has 2 amide bonds. The summed E-state index contributed by atoms with van der Waals surface area (Å²) in [6.45, 7) is 2.34. The maximum Gasteiger partial charge on any atom is 0.418 e. The first kappa shape index (κ1) is 25.9. The number of amides is 2. The molecule has 36 heavy (non-hydrogen) atoms. The summed E-state index contributed by atoms with van der Waals surface area (Å²) in [6.07, 6.45) is -9.36. The van der Waals surface area contributed by atoms with E-state index >= 15 is 0 Å². The zero-order chi connectivity index (χ0) is 25.9. The third kappa shape index (κ3) is 6.13. The minimum Gasteiger partial charge on any atom is -0.378 e.